The van der Waals surface area contributed by atoms with E-state index in [9.17, 15) is 18.0 Å². The van der Waals surface area contributed by atoms with E-state index in [1.165, 1.54) is 16.5 Å². The van der Waals surface area contributed by atoms with Gasteiger partial charge in [-0.15, -0.1) is 0 Å². The predicted octanol–water partition coefficient (Wildman–Crippen LogP) is 8.27. The van der Waals surface area contributed by atoms with Crippen molar-refractivity contribution >= 4 is 28.4 Å². The van der Waals surface area contributed by atoms with Gasteiger partial charge in [0.2, 0.25) is 5.76 Å². The number of amides is 1. The molecular formula is C32H33ClF3N3O2. The van der Waals surface area contributed by atoms with Crippen LogP contribution < -0.4 is 5.32 Å². The van der Waals surface area contributed by atoms with Crippen molar-refractivity contribution in [2.75, 3.05) is 19.6 Å². The average molecular weight is 584 g/mol. The second-order valence-corrected chi connectivity index (χ2v) is 11.8. The van der Waals surface area contributed by atoms with Crippen LogP contribution in [0.5, 0.6) is 0 Å². The summed E-state index contributed by atoms with van der Waals surface area (Å²) < 4.78 is 46.4. The van der Waals surface area contributed by atoms with Gasteiger partial charge in [-0.25, -0.2) is 0 Å². The minimum Gasteiger partial charge on any atom is -0.451 e. The lowest BCUT2D eigenvalue weighted by atomic mass is 9.84. The van der Waals surface area contributed by atoms with Gasteiger partial charge in [-0.1, -0.05) is 41.9 Å². The van der Waals surface area contributed by atoms with Crippen LogP contribution in [0.2, 0.25) is 5.02 Å². The molecule has 41 heavy (non-hydrogen) atoms. The molecule has 4 aromatic rings. The van der Waals surface area contributed by atoms with Gasteiger partial charge < -0.3 is 19.6 Å². The van der Waals surface area contributed by atoms with E-state index in [4.69, 9.17) is 16.0 Å². The minimum absolute atomic E-state index is 0.0785. The van der Waals surface area contributed by atoms with Crippen LogP contribution in [-0.2, 0) is 6.18 Å². The SMILES string of the molecule is O=C(NC1CCC(CN2CCC(c3c[nH]c4ccccc34)CC2)CC1)c1cc(-c2ccccc2Cl)oc1C(F)(F)F. The zero-order valence-corrected chi connectivity index (χ0v) is 23.4. The Bertz CT molecular complexity index is 1510. The molecule has 3 heterocycles. The zero-order chi connectivity index (χ0) is 28.6. The summed E-state index contributed by atoms with van der Waals surface area (Å²) in [7, 11) is 0. The highest BCUT2D eigenvalue weighted by atomic mass is 35.5. The molecule has 0 spiro atoms. The average Bonchev–Trinajstić information content (AvgIpc) is 3.60. The fourth-order valence-electron chi connectivity index (χ4n) is 6.54. The highest BCUT2D eigenvalue weighted by Gasteiger charge is 2.41. The van der Waals surface area contributed by atoms with Crippen molar-refractivity contribution in [3.05, 3.63) is 82.7 Å². The van der Waals surface area contributed by atoms with E-state index < -0.39 is 23.4 Å². The maximum Gasteiger partial charge on any atom is 0.450 e. The summed E-state index contributed by atoms with van der Waals surface area (Å²) in [5, 5.41) is 4.41. The number of rotatable bonds is 6. The topological polar surface area (TPSA) is 61.3 Å². The molecule has 0 unspecified atom stereocenters. The highest BCUT2D eigenvalue weighted by Crippen LogP contribution is 2.39. The molecule has 216 valence electrons. The minimum atomic E-state index is -4.80. The van der Waals surface area contributed by atoms with Crippen LogP contribution in [0.1, 0.15) is 66.1 Å². The number of piperidine rings is 1. The number of benzene rings is 2. The molecule has 9 heteroatoms. The number of fused-ring (bicyclic) bond motifs is 1. The molecule has 1 saturated heterocycles. The molecule has 6 rings (SSSR count). The van der Waals surface area contributed by atoms with E-state index in [1.54, 1.807) is 24.3 Å². The van der Waals surface area contributed by atoms with Crippen LogP contribution in [0, 0.1) is 5.92 Å². The van der Waals surface area contributed by atoms with Gasteiger partial charge in [-0.05, 0) is 93.3 Å². The molecule has 1 saturated carbocycles. The van der Waals surface area contributed by atoms with E-state index >= 15 is 0 Å². The maximum atomic E-state index is 13.8. The first-order valence-electron chi connectivity index (χ1n) is 14.3. The molecule has 0 bridgehead atoms. The quantitative estimate of drug-likeness (QED) is 0.240. The first-order valence-corrected chi connectivity index (χ1v) is 14.7. The second kappa shape index (κ2) is 11.6. The lowest BCUT2D eigenvalue weighted by Crippen LogP contribution is -2.41. The summed E-state index contributed by atoms with van der Waals surface area (Å²) >= 11 is 6.16. The van der Waals surface area contributed by atoms with Crippen molar-refractivity contribution in [1.29, 1.82) is 0 Å². The molecule has 2 aliphatic rings. The number of halogens is 4. The molecule has 2 aromatic carbocycles. The Labute approximate surface area is 242 Å². The lowest BCUT2D eigenvalue weighted by Gasteiger charge is -2.36. The second-order valence-electron chi connectivity index (χ2n) is 11.4. The summed E-state index contributed by atoms with van der Waals surface area (Å²) in [6.45, 7) is 3.16. The van der Waals surface area contributed by atoms with Crippen LogP contribution in [0.4, 0.5) is 13.2 Å². The smallest absolute Gasteiger partial charge is 0.450 e. The number of aromatic nitrogens is 1. The Hall–Kier alpha value is -3.23. The van der Waals surface area contributed by atoms with Crippen molar-refractivity contribution in [2.24, 2.45) is 5.92 Å². The van der Waals surface area contributed by atoms with Gasteiger partial charge in [0.1, 0.15) is 5.76 Å². The lowest BCUT2D eigenvalue weighted by molar-refractivity contribution is -0.153. The van der Waals surface area contributed by atoms with Crippen molar-refractivity contribution in [1.82, 2.24) is 15.2 Å². The summed E-state index contributed by atoms with van der Waals surface area (Å²) in [5.41, 5.74) is 2.41. The van der Waals surface area contributed by atoms with Crippen LogP contribution >= 0.6 is 11.6 Å². The maximum absolute atomic E-state index is 13.8. The summed E-state index contributed by atoms with van der Waals surface area (Å²) in [5.74, 6) is -1.04. The van der Waals surface area contributed by atoms with Crippen molar-refractivity contribution in [2.45, 2.75) is 56.7 Å². The standard InChI is InChI=1S/C32H33ClF3N3O2/c33-27-7-3-1-6-24(27)29-17-25(30(41-29)32(34,35)36)31(40)38-22-11-9-20(10-12-22)19-39-15-13-21(14-16-39)26-18-37-28-8-4-2-5-23(26)28/h1-8,17-18,20-22,37H,9-16,19H2,(H,38,40). The third-order valence-corrected chi connectivity index (χ3v) is 9.05. The normalized spacial score (nSPS) is 20.9. The molecule has 5 nitrogen and oxygen atoms in total. The number of hydrogen-bond donors (Lipinski definition) is 2. The van der Waals surface area contributed by atoms with E-state index in [1.807, 2.05) is 0 Å². The van der Waals surface area contributed by atoms with Gasteiger partial charge in [-0.3, -0.25) is 4.79 Å². The number of para-hydroxylation sites is 1. The van der Waals surface area contributed by atoms with E-state index in [0.717, 1.165) is 64.2 Å². The Morgan fingerprint density at radius 1 is 1.00 bits per heavy atom. The Kier molecular flexibility index (Phi) is 7.88. The van der Waals surface area contributed by atoms with Gasteiger partial charge in [-0.2, -0.15) is 13.2 Å². The van der Waals surface area contributed by atoms with Crippen LogP contribution in [0.15, 0.2) is 65.2 Å². The molecule has 2 aromatic heterocycles. The Morgan fingerprint density at radius 3 is 2.44 bits per heavy atom. The summed E-state index contributed by atoms with van der Waals surface area (Å²) in [6, 6.07) is 15.9. The Balaban J connectivity index is 1.02. The van der Waals surface area contributed by atoms with Gasteiger partial charge in [0.05, 0.1) is 10.6 Å². The number of nitrogens with one attached hydrogen (secondary N) is 2. The van der Waals surface area contributed by atoms with E-state index in [-0.39, 0.29) is 16.8 Å². The number of alkyl halides is 3. The van der Waals surface area contributed by atoms with Crippen molar-refractivity contribution in [3.63, 3.8) is 0 Å². The monoisotopic (exact) mass is 583 g/mol. The van der Waals surface area contributed by atoms with Gasteiger partial charge in [0, 0.05) is 35.2 Å². The number of carbonyl (C=O) groups is 1. The number of nitrogens with zero attached hydrogens (tertiary/aromatic N) is 1. The molecule has 1 amide bonds. The van der Waals surface area contributed by atoms with E-state index in [2.05, 4.69) is 45.7 Å². The molecular weight excluding hydrogens is 551 g/mol. The van der Waals surface area contributed by atoms with Gasteiger partial charge in [0.25, 0.3) is 5.91 Å². The number of furan rings is 1. The highest BCUT2D eigenvalue weighted by molar-refractivity contribution is 6.33. The summed E-state index contributed by atoms with van der Waals surface area (Å²) in [6.07, 6.45) is 3.01. The van der Waals surface area contributed by atoms with Crippen LogP contribution in [0.3, 0.4) is 0 Å². The van der Waals surface area contributed by atoms with Gasteiger partial charge >= 0.3 is 6.18 Å². The third-order valence-electron chi connectivity index (χ3n) is 8.72. The number of likely N-dealkylation sites (tertiary alicyclic amines) is 1. The van der Waals surface area contributed by atoms with Crippen LogP contribution in [0.25, 0.3) is 22.2 Å². The predicted molar refractivity (Wildman–Crippen MR) is 154 cm³/mol. The van der Waals surface area contributed by atoms with Crippen molar-refractivity contribution in [3.8, 4) is 11.3 Å². The third kappa shape index (κ3) is 6.04. The Morgan fingerprint density at radius 2 is 1.71 bits per heavy atom. The molecule has 1 aliphatic heterocycles. The number of hydrogen-bond acceptors (Lipinski definition) is 3. The van der Waals surface area contributed by atoms with E-state index in [0.29, 0.717) is 17.4 Å². The number of carbonyl (C=O) groups excluding carboxylic acids is 1. The molecule has 2 fully saturated rings. The number of aromatic amines is 1. The largest absolute Gasteiger partial charge is 0.451 e. The zero-order valence-electron chi connectivity index (χ0n) is 22.6. The number of H-pyrrole nitrogens is 1. The fourth-order valence-corrected chi connectivity index (χ4v) is 6.77. The molecule has 0 atom stereocenters. The molecule has 2 N–H and O–H groups in total. The molecule has 0 radical (unpaired) electrons. The molecule has 1 aliphatic carbocycles. The first-order chi connectivity index (χ1) is 19.8. The van der Waals surface area contributed by atoms with Gasteiger partial charge in [0.15, 0.2) is 0 Å². The fraction of sp³-hybridized carbons (Fsp3) is 0.406. The first kappa shape index (κ1) is 27.9. The summed E-state index contributed by atoms with van der Waals surface area (Å²) in [4.78, 5) is 19.0. The van der Waals surface area contributed by atoms with Crippen LogP contribution in [-0.4, -0.2) is 41.5 Å². The van der Waals surface area contributed by atoms with Crippen molar-refractivity contribution < 1.29 is 22.4 Å².